The van der Waals surface area contributed by atoms with Crippen molar-refractivity contribution in [3.05, 3.63) is 107 Å². The topological polar surface area (TPSA) is 61.4 Å². The van der Waals surface area contributed by atoms with Crippen LogP contribution in [0, 0.1) is 6.92 Å². The smallest absolute Gasteiger partial charge is 0.353 e. The Morgan fingerprint density at radius 1 is 0.878 bits per heavy atom. The van der Waals surface area contributed by atoms with Crippen molar-refractivity contribution in [1.82, 2.24) is 14.9 Å². The summed E-state index contributed by atoms with van der Waals surface area (Å²) in [5.41, 5.74) is 4.19. The van der Waals surface area contributed by atoms with E-state index in [4.69, 9.17) is 4.98 Å². The Morgan fingerprint density at radius 2 is 1.59 bits per heavy atom. The van der Waals surface area contributed by atoms with Crippen LogP contribution >= 0.6 is 0 Å². The van der Waals surface area contributed by atoms with Gasteiger partial charge in [0.15, 0.2) is 5.82 Å². The van der Waals surface area contributed by atoms with Crippen LogP contribution in [0.5, 0.6) is 0 Å². The number of rotatable bonds is 6. The van der Waals surface area contributed by atoms with Crippen LogP contribution in [0.15, 0.2) is 78.9 Å². The number of aryl methyl sites for hydroxylation is 2. The highest BCUT2D eigenvalue weighted by Gasteiger charge is 2.31. The monoisotopic (exact) mass is 559 g/mol. The Morgan fingerprint density at radius 3 is 2.29 bits per heavy atom. The van der Waals surface area contributed by atoms with Gasteiger partial charge in [0.1, 0.15) is 5.82 Å². The van der Waals surface area contributed by atoms with Crippen LogP contribution in [-0.4, -0.2) is 47.1 Å². The number of carbonyl (C=O) groups is 1. The van der Waals surface area contributed by atoms with Crippen molar-refractivity contribution in [3.8, 4) is 11.4 Å². The first-order chi connectivity index (χ1) is 19.7. The number of hydrogen-bond donors (Lipinski definition) is 1. The molecule has 0 aliphatic carbocycles. The van der Waals surface area contributed by atoms with Gasteiger partial charge in [-0.15, -0.1) is 0 Å². The van der Waals surface area contributed by atoms with Crippen LogP contribution in [-0.2, 0) is 19.0 Å². The minimum atomic E-state index is -4.46. The van der Waals surface area contributed by atoms with Gasteiger partial charge in [-0.05, 0) is 48.7 Å². The van der Waals surface area contributed by atoms with Gasteiger partial charge in [0, 0.05) is 55.1 Å². The summed E-state index contributed by atoms with van der Waals surface area (Å²) in [7, 11) is 0. The predicted molar refractivity (Wildman–Crippen MR) is 155 cm³/mol. The van der Waals surface area contributed by atoms with Crippen LogP contribution in [0.2, 0.25) is 0 Å². The molecule has 6 nitrogen and oxygen atoms in total. The highest BCUT2D eigenvalue weighted by atomic mass is 19.4. The molecule has 3 aromatic carbocycles. The number of nitrogens with zero attached hydrogens (tertiary/aromatic N) is 4. The lowest BCUT2D eigenvalue weighted by Crippen LogP contribution is -2.50. The summed E-state index contributed by atoms with van der Waals surface area (Å²) in [5, 5.41) is 2.99. The van der Waals surface area contributed by atoms with Gasteiger partial charge in [-0.3, -0.25) is 0 Å². The molecule has 1 N–H and O–H groups in total. The average Bonchev–Trinajstić information content (AvgIpc) is 2.98. The van der Waals surface area contributed by atoms with Gasteiger partial charge < -0.3 is 15.1 Å². The number of nitrogens with one attached hydrogen (secondary N) is 1. The number of piperazine rings is 1. The molecular weight excluding hydrogens is 527 g/mol. The molecule has 1 aliphatic rings. The molecule has 2 amide bonds. The van der Waals surface area contributed by atoms with E-state index >= 15 is 0 Å². The van der Waals surface area contributed by atoms with Crippen molar-refractivity contribution in [2.45, 2.75) is 32.9 Å². The van der Waals surface area contributed by atoms with E-state index in [1.54, 1.807) is 11.0 Å². The lowest BCUT2D eigenvalue weighted by molar-refractivity contribution is -0.137. The zero-order valence-corrected chi connectivity index (χ0v) is 23.1. The molecule has 5 rings (SSSR count). The molecule has 0 atom stereocenters. The minimum Gasteiger partial charge on any atom is -0.353 e. The summed E-state index contributed by atoms with van der Waals surface area (Å²) in [5.74, 6) is 0.931. The number of urea groups is 1. The molecular formula is C32H32F3N5O. The van der Waals surface area contributed by atoms with E-state index in [0.717, 1.165) is 40.9 Å². The molecule has 0 bridgehead atoms. The summed E-state index contributed by atoms with van der Waals surface area (Å²) < 4.78 is 40.3. The molecule has 41 heavy (non-hydrogen) atoms. The number of aromatic nitrogens is 2. The first-order valence-corrected chi connectivity index (χ1v) is 13.7. The maximum Gasteiger partial charge on any atom is 0.416 e. The summed E-state index contributed by atoms with van der Waals surface area (Å²) in [6, 6.07) is 22.7. The highest BCUT2D eigenvalue weighted by molar-refractivity contribution is 5.89. The quantitative estimate of drug-likeness (QED) is 0.277. The number of carbonyl (C=O) groups excluding carboxylic acids is 1. The maximum absolute atomic E-state index is 13.4. The second-order valence-electron chi connectivity index (χ2n) is 10.1. The summed E-state index contributed by atoms with van der Waals surface area (Å²) in [6.45, 7) is 5.96. The van der Waals surface area contributed by atoms with Gasteiger partial charge in [-0.25, -0.2) is 14.8 Å². The van der Waals surface area contributed by atoms with Gasteiger partial charge in [0.25, 0.3) is 0 Å². The van der Waals surface area contributed by atoms with Crippen LogP contribution in [0.3, 0.4) is 0 Å². The predicted octanol–water partition coefficient (Wildman–Crippen LogP) is 6.98. The van der Waals surface area contributed by atoms with Crippen molar-refractivity contribution >= 4 is 17.5 Å². The van der Waals surface area contributed by atoms with Crippen molar-refractivity contribution in [2.24, 2.45) is 0 Å². The number of amides is 2. The lowest BCUT2D eigenvalue weighted by atomic mass is 10.0. The van der Waals surface area contributed by atoms with Gasteiger partial charge in [-0.1, -0.05) is 61.5 Å². The molecule has 1 aromatic heterocycles. The van der Waals surface area contributed by atoms with Gasteiger partial charge in [-0.2, -0.15) is 13.2 Å². The fraction of sp³-hybridized carbons (Fsp3) is 0.281. The Labute approximate surface area is 237 Å². The third-order valence-electron chi connectivity index (χ3n) is 7.32. The first kappa shape index (κ1) is 28.1. The number of anilines is 2. The van der Waals surface area contributed by atoms with E-state index in [0.29, 0.717) is 49.7 Å². The van der Waals surface area contributed by atoms with E-state index in [-0.39, 0.29) is 11.9 Å². The summed E-state index contributed by atoms with van der Waals surface area (Å²) >= 11 is 0. The normalized spacial score (nSPS) is 13.8. The first-order valence-electron chi connectivity index (χ1n) is 13.7. The zero-order chi connectivity index (χ0) is 29.0. The summed E-state index contributed by atoms with van der Waals surface area (Å²) in [6.07, 6.45) is -3.00. The molecule has 0 radical (unpaired) electrons. The lowest BCUT2D eigenvalue weighted by Gasteiger charge is -2.36. The SMILES string of the molecule is CCc1cccc(NC(=O)N2CCN(c3nc(-c4cccc(C(F)(F)F)c4)nc(C)c3Cc3ccccc3)CC2)c1. The van der Waals surface area contributed by atoms with E-state index in [9.17, 15) is 18.0 Å². The third-order valence-corrected chi connectivity index (χ3v) is 7.32. The molecule has 212 valence electrons. The van der Waals surface area contributed by atoms with Crippen molar-refractivity contribution in [3.63, 3.8) is 0 Å². The van der Waals surface area contributed by atoms with Crippen LogP contribution in [0.4, 0.5) is 29.5 Å². The minimum absolute atomic E-state index is 0.161. The van der Waals surface area contributed by atoms with Gasteiger partial charge in [0.2, 0.25) is 0 Å². The Kier molecular flexibility index (Phi) is 8.23. The molecule has 0 unspecified atom stereocenters. The Balaban J connectivity index is 1.41. The van der Waals surface area contributed by atoms with Crippen molar-refractivity contribution in [1.29, 1.82) is 0 Å². The van der Waals surface area contributed by atoms with Gasteiger partial charge in [0.05, 0.1) is 5.56 Å². The number of benzene rings is 3. The third kappa shape index (κ3) is 6.67. The largest absolute Gasteiger partial charge is 0.416 e. The Hall–Kier alpha value is -4.40. The standard InChI is InChI=1S/C32H32F3N5O/c1-3-23-11-7-14-27(19-23)37-31(41)40-17-15-39(16-18-40)30-28(20-24-9-5-4-6-10-24)22(2)36-29(38-30)25-12-8-13-26(21-25)32(33,34)35/h4-14,19,21H,3,15-18,20H2,1-2H3,(H,37,41). The number of hydrogen-bond acceptors (Lipinski definition) is 4. The van der Waals surface area contributed by atoms with Crippen LogP contribution < -0.4 is 10.2 Å². The fourth-order valence-electron chi connectivity index (χ4n) is 5.01. The maximum atomic E-state index is 13.4. The molecule has 1 saturated heterocycles. The van der Waals surface area contributed by atoms with Crippen LogP contribution in [0.25, 0.3) is 11.4 Å². The zero-order valence-electron chi connectivity index (χ0n) is 23.1. The van der Waals surface area contributed by atoms with Crippen molar-refractivity contribution < 1.29 is 18.0 Å². The summed E-state index contributed by atoms with van der Waals surface area (Å²) in [4.78, 5) is 26.4. The van der Waals surface area contributed by atoms with Crippen molar-refractivity contribution in [2.75, 3.05) is 36.4 Å². The Bertz CT molecular complexity index is 1520. The van der Waals surface area contributed by atoms with Gasteiger partial charge >= 0.3 is 12.2 Å². The fourth-order valence-corrected chi connectivity index (χ4v) is 5.01. The second-order valence-corrected chi connectivity index (χ2v) is 10.1. The molecule has 2 heterocycles. The molecule has 0 saturated carbocycles. The molecule has 1 fully saturated rings. The van der Waals surface area contributed by atoms with E-state index < -0.39 is 11.7 Å². The molecule has 9 heteroatoms. The molecule has 0 spiro atoms. The van der Waals surface area contributed by atoms with E-state index in [1.165, 1.54) is 6.07 Å². The average molecular weight is 560 g/mol. The number of alkyl halides is 3. The molecule has 1 aliphatic heterocycles. The second kappa shape index (κ2) is 12.0. The van der Waals surface area contributed by atoms with E-state index in [2.05, 4.69) is 22.1 Å². The highest BCUT2D eigenvalue weighted by Crippen LogP contribution is 2.33. The number of halogens is 3. The molecule has 4 aromatic rings. The van der Waals surface area contributed by atoms with Crippen LogP contribution in [0.1, 0.15) is 34.9 Å². The van der Waals surface area contributed by atoms with E-state index in [1.807, 2.05) is 61.5 Å².